The predicted octanol–water partition coefficient (Wildman–Crippen LogP) is 2.67. The number of hydrogen-bond donors (Lipinski definition) is 0. The summed E-state index contributed by atoms with van der Waals surface area (Å²) in [6.07, 6.45) is 4.30. The maximum atomic E-state index is 13.1. The molecule has 0 saturated carbocycles. The van der Waals surface area contributed by atoms with Gasteiger partial charge in [0.05, 0.1) is 18.8 Å². The fourth-order valence-corrected chi connectivity index (χ4v) is 3.23. The molecule has 1 aliphatic rings. The monoisotopic (exact) mass is 380 g/mol. The van der Waals surface area contributed by atoms with Gasteiger partial charge in [0.25, 0.3) is 0 Å². The van der Waals surface area contributed by atoms with Crippen LogP contribution in [0.3, 0.4) is 0 Å². The molecule has 1 saturated heterocycles. The van der Waals surface area contributed by atoms with Gasteiger partial charge < -0.3 is 9.47 Å². The second-order valence-electron chi connectivity index (χ2n) is 6.49. The Morgan fingerprint density at radius 3 is 2.93 bits per heavy atom. The van der Waals surface area contributed by atoms with E-state index >= 15 is 0 Å². The van der Waals surface area contributed by atoms with Crippen LogP contribution in [0.1, 0.15) is 18.3 Å². The van der Waals surface area contributed by atoms with Crippen LogP contribution in [0.4, 0.5) is 4.39 Å². The van der Waals surface area contributed by atoms with Gasteiger partial charge in [0.15, 0.2) is 17.3 Å². The van der Waals surface area contributed by atoms with E-state index in [0.717, 1.165) is 17.8 Å². The number of rotatable bonds is 5. The van der Waals surface area contributed by atoms with E-state index in [1.54, 1.807) is 29.0 Å². The van der Waals surface area contributed by atoms with E-state index < -0.39 is 0 Å². The van der Waals surface area contributed by atoms with Crippen LogP contribution in [0.2, 0.25) is 0 Å². The molecule has 5 rings (SSSR count). The number of fused-ring (bicyclic) bond motifs is 1. The van der Waals surface area contributed by atoms with E-state index in [1.807, 2.05) is 16.8 Å². The number of ether oxygens (including phenoxy) is 2. The summed E-state index contributed by atoms with van der Waals surface area (Å²) in [6, 6.07) is 9.67. The van der Waals surface area contributed by atoms with E-state index in [1.165, 1.54) is 12.1 Å². The number of halogens is 1. The molecule has 1 aliphatic heterocycles. The Bertz CT molecular complexity index is 1100. The van der Waals surface area contributed by atoms with E-state index in [-0.39, 0.29) is 18.5 Å². The number of imidazole rings is 1. The summed E-state index contributed by atoms with van der Waals surface area (Å²) < 4.78 is 27.9. The molecule has 28 heavy (non-hydrogen) atoms. The molecule has 8 nitrogen and oxygen atoms in total. The summed E-state index contributed by atoms with van der Waals surface area (Å²) >= 11 is 0. The molecule has 4 aromatic rings. The van der Waals surface area contributed by atoms with Crippen molar-refractivity contribution in [3.05, 3.63) is 60.4 Å². The van der Waals surface area contributed by atoms with Gasteiger partial charge in [0, 0.05) is 12.8 Å². The lowest BCUT2D eigenvalue weighted by molar-refractivity contribution is 0.184. The van der Waals surface area contributed by atoms with Crippen molar-refractivity contribution in [2.75, 3.05) is 13.2 Å². The maximum Gasteiger partial charge on any atom is 0.188 e. The third-order valence-electron chi connectivity index (χ3n) is 4.62. The first-order valence-corrected chi connectivity index (χ1v) is 8.98. The van der Waals surface area contributed by atoms with Gasteiger partial charge in [0.2, 0.25) is 0 Å². The molecule has 1 atom stereocenters. The molecule has 142 valence electrons. The zero-order chi connectivity index (χ0) is 18.9. The van der Waals surface area contributed by atoms with Gasteiger partial charge in [-0.3, -0.25) is 0 Å². The highest BCUT2D eigenvalue weighted by Crippen LogP contribution is 2.26. The first-order valence-electron chi connectivity index (χ1n) is 8.98. The lowest BCUT2D eigenvalue weighted by Crippen LogP contribution is -2.13. The molecular weight excluding hydrogens is 363 g/mol. The number of benzene rings is 1. The lowest BCUT2D eigenvalue weighted by atomic mass is 10.2. The smallest absolute Gasteiger partial charge is 0.188 e. The minimum atomic E-state index is -0.307. The molecule has 9 heteroatoms. The van der Waals surface area contributed by atoms with Gasteiger partial charge in [-0.1, -0.05) is 0 Å². The summed E-state index contributed by atoms with van der Waals surface area (Å²) in [5.41, 5.74) is 1.49. The van der Waals surface area contributed by atoms with E-state index in [2.05, 4.69) is 20.2 Å². The van der Waals surface area contributed by atoms with Crippen LogP contribution in [0.15, 0.2) is 48.8 Å². The molecule has 0 amide bonds. The molecular formula is C19H17FN6O2. The van der Waals surface area contributed by atoms with Gasteiger partial charge in [0.1, 0.15) is 23.9 Å². The van der Waals surface area contributed by atoms with E-state index in [0.29, 0.717) is 30.6 Å². The molecule has 1 aromatic carbocycles. The summed E-state index contributed by atoms with van der Waals surface area (Å²) in [5.74, 6) is 1.44. The normalized spacial score (nSPS) is 16.7. The fourth-order valence-electron chi connectivity index (χ4n) is 3.23. The Balaban J connectivity index is 1.49. The number of hydrogen-bond acceptors (Lipinski definition) is 6. The van der Waals surface area contributed by atoms with Crippen LogP contribution in [-0.4, -0.2) is 42.6 Å². The standard InChI is InChI=1S/C19H17FN6O2/c20-13-3-5-15(6-4-13)28-12-17-23-19(25(24-17)14-7-9-27-11-14)16-10-21-18-2-1-8-22-26(16)18/h1-6,8,10,14H,7,9,11-12H2. The number of aromatic nitrogens is 6. The van der Waals surface area contributed by atoms with Crippen molar-refractivity contribution in [2.24, 2.45) is 0 Å². The van der Waals surface area contributed by atoms with Crippen LogP contribution < -0.4 is 4.74 Å². The van der Waals surface area contributed by atoms with Crippen molar-refractivity contribution in [1.82, 2.24) is 29.4 Å². The summed E-state index contributed by atoms with van der Waals surface area (Å²) in [6.45, 7) is 1.44. The maximum absolute atomic E-state index is 13.1. The quantitative estimate of drug-likeness (QED) is 0.530. The van der Waals surface area contributed by atoms with Crippen molar-refractivity contribution < 1.29 is 13.9 Å². The van der Waals surface area contributed by atoms with Gasteiger partial charge in [-0.15, -0.1) is 0 Å². The van der Waals surface area contributed by atoms with E-state index in [9.17, 15) is 4.39 Å². The minimum Gasteiger partial charge on any atom is -0.486 e. The van der Waals surface area contributed by atoms with Crippen molar-refractivity contribution >= 4 is 5.65 Å². The van der Waals surface area contributed by atoms with Gasteiger partial charge in [-0.25, -0.2) is 23.6 Å². The summed E-state index contributed by atoms with van der Waals surface area (Å²) in [5, 5.41) is 9.02. The molecule has 0 N–H and O–H groups in total. The Kier molecular flexibility index (Phi) is 4.21. The van der Waals surface area contributed by atoms with Crippen LogP contribution in [0.5, 0.6) is 5.75 Å². The zero-order valence-electron chi connectivity index (χ0n) is 14.9. The van der Waals surface area contributed by atoms with Crippen LogP contribution in [-0.2, 0) is 11.3 Å². The minimum absolute atomic E-state index is 0.0938. The van der Waals surface area contributed by atoms with Gasteiger partial charge >= 0.3 is 0 Å². The van der Waals surface area contributed by atoms with Gasteiger partial charge in [-0.05, 0) is 42.8 Å². The summed E-state index contributed by atoms with van der Waals surface area (Å²) in [7, 11) is 0. The second-order valence-corrected chi connectivity index (χ2v) is 6.49. The predicted molar refractivity (Wildman–Crippen MR) is 97.2 cm³/mol. The van der Waals surface area contributed by atoms with Crippen molar-refractivity contribution in [1.29, 1.82) is 0 Å². The molecule has 1 unspecified atom stereocenters. The average molecular weight is 380 g/mol. The molecule has 3 aromatic heterocycles. The van der Waals surface area contributed by atoms with Crippen molar-refractivity contribution in [2.45, 2.75) is 19.1 Å². The lowest BCUT2D eigenvalue weighted by Gasteiger charge is -2.10. The Morgan fingerprint density at radius 2 is 2.11 bits per heavy atom. The third kappa shape index (κ3) is 3.09. The van der Waals surface area contributed by atoms with Gasteiger partial charge in [-0.2, -0.15) is 10.2 Å². The highest BCUT2D eigenvalue weighted by Gasteiger charge is 2.25. The van der Waals surface area contributed by atoms with Crippen LogP contribution >= 0.6 is 0 Å². The van der Waals surface area contributed by atoms with Crippen molar-refractivity contribution in [3.63, 3.8) is 0 Å². The largest absolute Gasteiger partial charge is 0.486 e. The molecule has 0 aliphatic carbocycles. The fraction of sp³-hybridized carbons (Fsp3) is 0.263. The average Bonchev–Trinajstić information content (AvgIpc) is 3.46. The SMILES string of the molecule is Fc1ccc(OCc2nc(-c3cnc4cccnn34)n(C3CCOC3)n2)cc1. The third-order valence-corrected chi connectivity index (χ3v) is 4.62. The molecule has 1 fully saturated rings. The van der Waals surface area contributed by atoms with E-state index in [4.69, 9.17) is 9.47 Å². The Morgan fingerprint density at radius 1 is 1.21 bits per heavy atom. The first kappa shape index (κ1) is 16.8. The summed E-state index contributed by atoms with van der Waals surface area (Å²) in [4.78, 5) is 9.07. The van der Waals surface area contributed by atoms with Crippen LogP contribution in [0, 0.1) is 5.82 Å². The molecule has 0 spiro atoms. The second kappa shape index (κ2) is 7.01. The van der Waals surface area contributed by atoms with Crippen molar-refractivity contribution in [3.8, 4) is 17.3 Å². The molecule has 0 bridgehead atoms. The highest BCUT2D eigenvalue weighted by molar-refractivity contribution is 5.56. The first-order chi connectivity index (χ1) is 13.8. The molecule has 0 radical (unpaired) electrons. The number of nitrogens with zero attached hydrogens (tertiary/aromatic N) is 6. The molecule has 4 heterocycles. The Labute approximate surface area is 159 Å². The Hall–Kier alpha value is -3.33. The van der Waals surface area contributed by atoms with Crippen LogP contribution in [0.25, 0.3) is 17.2 Å². The zero-order valence-corrected chi connectivity index (χ0v) is 14.9. The topological polar surface area (TPSA) is 79.4 Å². The highest BCUT2D eigenvalue weighted by atomic mass is 19.1.